The molecule has 26 heavy (non-hydrogen) atoms. The number of hydrogen-bond donors (Lipinski definition) is 3. The van der Waals surface area contributed by atoms with Crippen LogP contribution in [-0.2, 0) is 27.4 Å². The van der Waals surface area contributed by atoms with Crippen molar-refractivity contribution < 1.29 is 14.3 Å². The molecule has 9 nitrogen and oxygen atoms in total. The van der Waals surface area contributed by atoms with Gasteiger partial charge in [-0.3, -0.25) is 14.9 Å². The summed E-state index contributed by atoms with van der Waals surface area (Å²) >= 11 is 0. The summed E-state index contributed by atoms with van der Waals surface area (Å²) in [5, 5.41) is 12.8. The Morgan fingerprint density at radius 1 is 1.27 bits per heavy atom. The second kappa shape index (κ2) is 9.07. The lowest BCUT2D eigenvalue weighted by atomic mass is 10.2. The van der Waals surface area contributed by atoms with Crippen molar-refractivity contribution in [1.82, 2.24) is 25.4 Å². The van der Waals surface area contributed by atoms with Crippen molar-refractivity contribution in [2.24, 2.45) is 0 Å². The highest BCUT2D eigenvalue weighted by Crippen LogP contribution is 2.03. The van der Waals surface area contributed by atoms with E-state index in [-0.39, 0.29) is 36.8 Å². The molecule has 1 aliphatic heterocycles. The molecule has 1 unspecified atom stereocenters. The van der Waals surface area contributed by atoms with Crippen LogP contribution in [0.3, 0.4) is 0 Å². The van der Waals surface area contributed by atoms with Crippen molar-refractivity contribution in [1.29, 1.82) is 0 Å². The van der Waals surface area contributed by atoms with E-state index in [1.54, 1.807) is 0 Å². The third-order valence-electron chi connectivity index (χ3n) is 3.86. The molecule has 0 saturated carbocycles. The lowest BCUT2D eigenvalue weighted by Crippen LogP contribution is -2.43. The van der Waals surface area contributed by atoms with E-state index in [4.69, 9.17) is 4.74 Å². The number of carbonyl (C=O) groups is 2. The first-order valence-electron chi connectivity index (χ1n) is 8.50. The number of nitrogens with one attached hydrogen (secondary N) is 3. The number of nitrogens with zero attached hydrogens (tertiary/aromatic N) is 3. The molecule has 0 aliphatic carbocycles. The first-order valence-corrected chi connectivity index (χ1v) is 8.50. The number of ether oxygens (including phenoxy) is 1. The number of benzene rings is 1. The zero-order chi connectivity index (χ0) is 18.2. The molecule has 2 aromatic rings. The summed E-state index contributed by atoms with van der Waals surface area (Å²) in [7, 11) is 0. The van der Waals surface area contributed by atoms with Gasteiger partial charge >= 0.3 is 0 Å². The summed E-state index contributed by atoms with van der Waals surface area (Å²) < 4.78 is 6.70. The molecule has 9 heteroatoms. The third-order valence-corrected chi connectivity index (χ3v) is 3.86. The Bertz CT molecular complexity index is 727. The maximum atomic E-state index is 12.0. The molecule has 1 saturated heterocycles. The van der Waals surface area contributed by atoms with Crippen LogP contribution >= 0.6 is 0 Å². The van der Waals surface area contributed by atoms with Gasteiger partial charge in [0.15, 0.2) is 0 Å². The first-order chi connectivity index (χ1) is 12.7. The SMILES string of the molecule is O=C(Cn1cnc(NC(=O)CC2COCCN2)n1)NCc1ccccc1. The van der Waals surface area contributed by atoms with Gasteiger partial charge in [-0.05, 0) is 5.56 Å². The van der Waals surface area contributed by atoms with E-state index in [1.807, 2.05) is 30.3 Å². The molecule has 3 N–H and O–H groups in total. The predicted octanol–water partition coefficient (Wildman–Crippen LogP) is -0.0885. The lowest BCUT2D eigenvalue weighted by Gasteiger charge is -2.22. The van der Waals surface area contributed by atoms with Crippen molar-refractivity contribution in [3.8, 4) is 0 Å². The summed E-state index contributed by atoms with van der Waals surface area (Å²) in [6.45, 7) is 2.40. The second-order valence-electron chi connectivity index (χ2n) is 6.01. The fraction of sp³-hybridized carbons (Fsp3) is 0.412. The highest BCUT2D eigenvalue weighted by Gasteiger charge is 2.17. The van der Waals surface area contributed by atoms with Gasteiger partial charge in [-0.25, -0.2) is 9.67 Å². The Balaban J connectivity index is 1.42. The maximum absolute atomic E-state index is 12.0. The van der Waals surface area contributed by atoms with Crippen LogP contribution in [0.1, 0.15) is 12.0 Å². The van der Waals surface area contributed by atoms with Crippen LogP contribution in [0.2, 0.25) is 0 Å². The average molecular weight is 358 g/mol. The third kappa shape index (κ3) is 5.64. The van der Waals surface area contributed by atoms with Crippen LogP contribution < -0.4 is 16.0 Å². The molecule has 1 aliphatic rings. The van der Waals surface area contributed by atoms with E-state index in [9.17, 15) is 9.59 Å². The van der Waals surface area contributed by atoms with E-state index in [0.29, 0.717) is 19.8 Å². The lowest BCUT2D eigenvalue weighted by molar-refractivity contribution is -0.122. The Hall–Kier alpha value is -2.78. The normalized spacial score (nSPS) is 16.8. The molecule has 0 radical (unpaired) electrons. The Morgan fingerprint density at radius 2 is 2.12 bits per heavy atom. The number of amides is 2. The van der Waals surface area contributed by atoms with Crippen molar-refractivity contribution in [2.45, 2.75) is 25.6 Å². The van der Waals surface area contributed by atoms with Gasteiger partial charge in [-0.15, -0.1) is 5.10 Å². The fourth-order valence-corrected chi connectivity index (χ4v) is 2.58. The van der Waals surface area contributed by atoms with Crippen LogP contribution in [-0.4, -0.2) is 52.4 Å². The quantitative estimate of drug-likeness (QED) is 0.638. The number of morpholine rings is 1. The minimum atomic E-state index is -0.195. The van der Waals surface area contributed by atoms with Crippen LogP contribution in [0.5, 0.6) is 0 Å². The van der Waals surface area contributed by atoms with Gasteiger partial charge in [-0.2, -0.15) is 0 Å². The zero-order valence-electron chi connectivity index (χ0n) is 14.4. The van der Waals surface area contributed by atoms with E-state index in [1.165, 1.54) is 11.0 Å². The molecule has 1 fully saturated rings. The van der Waals surface area contributed by atoms with Gasteiger partial charge in [0.25, 0.3) is 0 Å². The van der Waals surface area contributed by atoms with Crippen molar-refractivity contribution in [3.63, 3.8) is 0 Å². The summed E-state index contributed by atoms with van der Waals surface area (Å²) in [5.74, 6) is -0.193. The molecule has 138 valence electrons. The standard InChI is InChI=1S/C17H22N6O3/c24-15(8-14-11-26-7-6-18-14)21-17-20-12-23(22-17)10-16(25)19-9-13-4-2-1-3-5-13/h1-5,12,14,18H,6-11H2,(H,19,25)(H,21,22,24). The highest BCUT2D eigenvalue weighted by atomic mass is 16.5. The molecule has 2 amide bonds. The molecular formula is C17H22N6O3. The summed E-state index contributed by atoms with van der Waals surface area (Å²) in [6, 6.07) is 9.64. The van der Waals surface area contributed by atoms with Crippen molar-refractivity contribution >= 4 is 17.8 Å². The Labute approximate surface area is 151 Å². The summed E-state index contributed by atoms with van der Waals surface area (Å²) in [6.07, 6.45) is 1.70. The molecule has 3 rings (SSSR count). The van der Waals surface area contributed by atoms with Gasteiger partial charge in [0.2, 0.25) is 17.8 Å². The average Bonchev–Trinajstić information content (AvgIpc) is 3.08. The van der Waals surface area contributed by atoms with Gasteiger partial charge in [0, 0.05) is 25.6 Å². The molecule has 2 heterocycles. The fourth-order valence-electron chi connectivity index (χ4n) is 2.58. The van der Waals surface area contributed by atoms with E-state index in [2.05, 4.69) is 26.0 Å². The Morgan fingerprint density at radius 3 is 2.88 bits per heavy atom. The van der Waals surface area contributed by atoms with E-state index in [0.717, 1.165) is 12.1 Å². The summed E-state index contributed by atoms with van der Waals surface area (Å²) in [4.78, 5) is 28.0. The van der Waals surface area contributed by atoms with Gasteiger partial charge in [0.1, 0.15) is 12.9 Å². The molecule has 1 aromatic heterocycles. The van der Waals surface area contributed by atoms with Gasteiger partial charge in [-0.1, -0.05) is 30.3 Å². The predicted molar refractivity (Wildman–Crippen MR) is 94.2 cm³/mol. The number of carbonyl (C=O) groups excluding carboxylic acids is 2. The van der Waals surface area contributed by atoms with Crippen molar-refractivity contribution in [3.05, 3.63) is 42.2 Å². The van der Waals surface area contributed by atoms with Crippen LogP contribution in [0.15, 0.2) is 36.7 Å². The van der Waals surface area contributed by atoms with Gasteiger partial charge in [0.05, 0.1) is 13.2 Å². The maximum Gasteiger partial charge on any atom is 0.248 e. The largest absolute Gasteiger partial charge is 0.378 e. The molecule has 0 spiro atoms. The smallest absolute Gasteiger partial charge is 0.248 e. The molecule has 1 atom stereocenters. The molecule has 0 bridgehead atoms. The number of rotatable bonds is 7. The minimum absolute atomic E-state index is 0.00500. The topological polar surface area (TPSA) is 110 Å². The number of hydrogen-bond acceptors (Lipinski definition) is 6. The number of aromatic nitrogens is 3. The highest BCUT2D eigenvalue weighted by molar-refractivity contribution is 5.89. The Kier molecular flexibility index (Phi) is 6.29. The molecule has 1 aromatic carbocycles. The summed E-state index contributed by atoms with van der Waals surface area (Å²) in [5.41, 5.74) is 1.02. The van der Waals surface area contributed by atoms with E-state index < -0.39 is 0 Å². The zero-order valence-corrected chi connectivity index (χ0v) is 14.4. The monoisotopic (exact) mass is 358 g/mol. The molecular weight excluding hydrogens is 336 g/mol. The second-order valence-corrected chi connectivity index (χ2v) is 6.01. The van der Waals surface area contributed by atoms with Crippen molar-refractivity contribution in [2.75, 3.05) is 25.1 Å². The van der Waals surface area contributed by atoms with E-state index >= 15 is 0 Å². The van der Waals surface area contributed by atoms with Crippen LogP contribution in [0.4, 0.5) is 5.95 Å². The van der Waals surface area contributed by atoms with Crippen LogP contribution in [0.25, 0.3) is 0 Å². The number of anilines is 1. The minimum Gasteiger partial charge on any atom is -0.378 e. The van der Waals surface area contributed by atoms with Gasteiger partial charge < -0.3 is 15.4 Å². The van der Waals surface area contributed by atoms with Crippen LogP contribution in [0, 0.1) is 0 Å². The first kappa shape index (κ1) is 18.0.